The Morgan fingerprint density at radius 2 is 2.00 bits per heavy atom. The number of thiophene rings is 1. The lowest BCUT2D eigenvalue weighted by atomic mass is 10.1. The van der Waals surface area contributed by atoms with Crippen LogP contribution in [0.2, 0.25) is 0 Å². The first-order valence-corrected chi connectivity index (χ1v) is 7.69. The van der Waals surface area contributed by atoms with Gasteiger partial charge in [0.05, 0.1) is 18.7 Å². The highest BCUT2D eigenvalue weighted by Crippen LogP contribution is 2.09. The second kappa shape index (κ2) is 7.72. The maximum atomic E-state index is 11.9. The number of aliphatic hydroxyl groups is 1. The van der Waals surface area contributed by atoms with Crippen LogP contribution in [0.4, 0.5) is 0 Å². The molecule has 1 atom stereocenters. The number of aliphatic hydroxyl groups excluding tert-OH is 1. The minimum absolute atomic E-state index is 0.0865. The number of hydrogen-bond donors (Lipinski definition) is 2. The van der Waals surface area contributed by atoms with Gasteiger partial charge in [-0.2, -0.15) is 0 Å². The van der Waals surface area contributed by atoms with E-state index in [2.05, 4.69) is 5.32 Å². The number of esters is 1. The Bertz CT molecular complexity index is 622. The molecule has 1 amide bonds. The maximum Gasteiger partial charge on any atom is 0.338 e. The summed E-state index contributed by atoms with van der Waals surface area (Å²) in [6.07, 6.45) is -0.870. The fourth-order valence-corrected chi connectivity index (χ4v) is 2.40. The van der Waals surface area contributed by atoms with Crippen molar-refractivity contribution in [3.05, 3.63) is 57.8 Å². The summed E-state index contributed by atoms with van der Waals surface area (Å²) < 4.78 is 5.13. The minimum atomic E-state index is -0.870. The zero-order valence-corrected chi connectivity index (χ0v) is 12.9. The van der Waals surface area contributed by atoms with Gasteiger partial charge in [0, 0.05) is 4.88 Å². The molecule has 1 aromatic carbocycles. The highest BCUT2D eigenvalue weighted by molar-refractivity contribution is 7.09. The van der Waals surface area contributed by atoms with Crippen LogP contribution in [-0.2, 0) is 22.7 Å². The summed E-state index contributed by atoms with van der Waals surface area (Å²) >= 11 is 1.55. The van der Waals surface area contributed by atoms with Crippen LogP contribution in [0.3, 0.4) is 0 Å². The lowest BCUT2D eigenvalue weighted by Gasteiger charge is -2.13. The molecule has 2 N–H and O–H groups in total. The summed E-state index contributed by atoms with van der Waals surface area (Å²) in [7, 11) is 0. The molecule has 6 heteroatoms. The van der Waals surface area contributed by atoms with E-state index in [1.807, 2.05) is 17.5 Å². The number of ether oxygens (including phenoxy) is 1. The molecule has 1 aromatic heterocycles. The van der Waals surface area contributed by atoms with Crippen LogP contribution in [0.25, 0.3) is 0 Å². The van der Waals surface area contributed by atoms with Crippen LogP contribution in [0.5, 0.6) is 0 Å². The molecule has 0 bridgehead atoms. The molecule has 5 nitrogen and oxygen atoms in total. The van der Waals surface area contributed by atoms with Crippen LogP contribution >= 0.6 is 11.3 Å². The lowest BCUT2D eigenvalue weighted by Crippen LogP contribution is -2.35. The van der Waals surface area contributed by atoms with Gasteiger partial charge in [0.2, 0.25) is 0 Å². The van der Waals surface area contributed by atoms with Crippen molar-refractivity contribution in [2.75, 3.05) is 0 Å². The summed E-state index contributed by atoms with van der Waals surface area (Å²) in [4.78, 5) is 24.9. The predicted octanol–water partition coefficient (Wildman–Crippen LogP) is 2.10. The second-order valence-corrected chi connectivity index (χ2v) is 5.73. The normalized spacial score (nSPS) is 11.7. The molecular weight excluding hydrogens is 302 g/mol. The Hall–Kier alpha value is -2.18. The smallest absolute Gasteiger partial charge is 0.338 e. The fourth-order valence-electron chi connectivity index (χ4n) is 1.76. The third-order valence-corrected chi connectivity index (χ3v) is 3.92. The third-order valence-electron chi connectivity index (χ3n) is 3.04. The Morgan fingerprint density at radius 1 is 1.27 bits per heavy atom. The first-order chi connectivity index (χ1) is 10.6. The van der Waals surface area contributed by atoms with E-state index in [1.54, 1.807) is 35.6 Å². The molecule has 0 aliphatic heterocycles. The number of nitrogens with one attached hydrogen (secondary N) is 1. The van der Waals surface area contributed by atoms with Crippen LogP contribution in [0, 0.1) is 0 Å². The molecule has 0 saturated heterocycles. The fraction of sp³-hybridized carbons (Fsp3) is 0.250. The molecule has 22 heavy (non-hydrogen) atoms. The number of carbonyl (C=O) groups is 2. The highest BCUT2D eigenvalue weighted by Gasteiger charge is 2.18. The zero-order chi connectivity index (χ0) is 15.9. The maximum absolute atomic E-state index is 11.9. The van der Waals surface area contributed by atoms with E-state index < -0.39 is 12.1 Å². The molecule has 0 saturated carbocycles. The van der Waals surface area contributed by atoms with Gasteiger partial charge in [0.15, 0.2) is 6.10 Å². The molecule has 1 heterocycles. The summed E-state index contributed by atoms with van der Waals surface area (Å²) in [5.41, 5.74) is 1.05. The van der Waals surface area contributed by atoms with Crippen LogP contribution in [0.15, 0.2) is 41.8 Å². The first-order valence-electron chi connectivity index (χ1n) is 6.81. The molecule has 0 unspecified atom stereocenters. The molecule has 0 fully saturated rings. The van der Waals surface area contributed by atoms with Crippen molar-refractivity contribution in [2.24, 2.45) is 0 Å². The molecule has 2 aromatic rings. The number of benzene rings is 1. The topological polar surface area (TPSA) is 75.6 Å². The van der Waals surface area contributed by atoms with Crippen molar-refractivity contribution in [3.8, 4) is 0 Å². The van der Waals surface area contributed by atoms with Crippen molar-refractivity contribution >= 4 is 23.2 Å². The van der Waals surface area contributed by atoms with Gasteiger partial charge >= 0.3 is 5.97 Å². The number of rotatable bonds is 6. The van der Waals surface area contributed by atoms with Gasteiger partial charge in [-0.1, -0.05) is 18.2 Å². The summed E-state index contributed by atoms with van der Waals surface area (Å²) in [5.74, 6) is -0.906. The van der Waals surface area contributed by atoms with Crippen molar-refractivity contribution in [2.45, 2.75) is 26.2 Å². The second-order valence-electron chi connectivity index (χ2n) is 4.70. The zero-order valence-electron chi connectivity index (χ0n) is 12.1. The van der Waals surface area contributed by atoms with Gasteiger partial charge in [-0.05, 0) is 36.1 Å². The van der Waals surface area contributed by atoms with Gasteiger partial charge in [0.25, 0.3) is 5.91 Å². The van der Waals surface area contributed by atoms with Crippen molar-refractivity contribution in [1.82, 2.24) is 5.32 Å². The van der Waals surface area contributed by atoms with E-state index >= 15 is 0 Å². The van der Waals surface area contributed by atoms with Gasteiger partial charge in [0.1, 0.15) is 0 Å². The number of amides is 1. The van der Waals surface area contributed by atoms with Gasteiger partial charge in [-0.25, -0.2) is 4.79 Å². The molecule has 0 aliphatic carbocycles. The molecular formula is C16H17NO4S. The molecule has 0 aliphatic rings. The average molecular weight is 319 g/mol. The predicted molar refractivity (Wildman–Crippen MR) is 83.4 cm³/mol. The number of carbonyl (C=O) groups excluding carboxylic acids is 2. The first kappa shape index (κ1) is 16.2. The Balaban J connectivity index is 1.85. The van der Waals surface area contributed by atoms with E-state index in [4.69, 9.17) is 9.84 Å². The van der Waals surface area contributed by atoms with Crippen molar-refractivity contribution in [3.63, 3.8) is 0 Å². The van der Waals surface area contributed by atoms with Crippen LogP contribution in [-0.4, -0.2) is 23.1 Å². The Kier molecular flexibility index (Phi) is 5.68. The van der Waals surface area contributed by atoms with Crippen LogP contribution < -0.4 is 5.32 Å². The summed E-state index contributed by atoms with van der Waals surface area (Å²) in [5, 5.41) is 13.6. The van der Waals surface area contributed by atoms with Crippen molar-refractivity contribution < 1.29 is 19.4 Å². The SMILES string of the molecule is C[C@H](OC(=O)c1ccc(CO)cc1)C(=O)NCc1cccs1. The van der Waals surface area contributed by atoms with Crippen LogP contribution in [0.1, 0.15) is 27.7 Å². The Morgan fingerprint density at radius 3 is 2.59 bits per heavy atom. The van der Waals surface area contributed by atoms with Gasteiger partial charge in [-0.15, -0.1) is 11.3 Å². The van der Waals surface area contributed by atoms with E-state index in [0.717, 1.165) is 4.88 Å². The van der Waals surface area contributed by atoms with E-state index in [0.29, 0.717) is 17.7 Å². The molecule has 2 rings (SSSR count). The average Bonchev–Trinajstić information content (AvgIpc) is 3.06. The minimum Gasteiger partial charge on any atom is -0.449 e. The van der Waals surface area contributed by atoms with Crippen molar-refractivity contribution in [1.29, 1.82) is 0 Å². The quantitative estimate of drug-likeness (QED) is 0.800. The van der Waals surface area contributed by atoms with E-state index in [1.165, 1.54) is 6.92 Å². The van der Waals surface area contributed by atoms with E-state index in [-0.39, 0.29) is 12.5 Å². The van der Waals surface area contributed by atoms with Gasteiger partial charge in [-0.3, -0.25) is 4.79 Å². The molecule has 0 radical (unpaired) electrons. The summed E-state index contributed by atoms with van der Waals surface area (Å²) in [6, 6.07) is 10.2. The summed E-state index contributed by atoms with van der Waals surface area (Å²) in [6.45, 7) is 1.87. The standard InChI is InChI=1S/C16H17NO4S/c1-11(15(19)17-9-14-3-2-8-22-14)21-16(20)13-6-4-12(10-18)5-7-13/h2-8,11,18H,9-10H2,1H3,(H,17,19)/t11-/m0/s1. The lowest BCUT2D eigenvalue weighted by molar-refractivity contribution is -0.129. The molecule has 0 spiro atoms. The third kappa shape index (κ3) is 4.41. The largest absolute Gasteiger partial charge is 0.449 e. The van der Waals surface area contributed by atoms with Gasteiger partial charge < -0.3 is 15.2 Å². The monoisotopic (exact) mass is 319 g/mol. The van der Waals surface area contributed by atoms with E-state index in [9.17, 15) is 9.59 Å². The highest BCUT2D eigenvalue weighted by atomic mass is 32.1. The Labute approximate surface area is 132 Å². The molecule has 116 valence electrons. The number of hydrogen-bond acceptors (Lipinski definition) is 5.